The molecule has 1 saturated heterocycles. The van der Waals surface area contributed by atoms with Crippen molar-refractivity contribution in [2.45, 2.75) is 32.2 Å². The second-order valence-corrected chi connectivity index (χ2v) is 5.25. The van der Waals surface area contributed by atoms with Crippen molar-refractivity contribution in [2.75, 3.05) is 20.2 Å². The normalized spacial score (nSPS) is 22.6. The molecule has 1 fully saturated rings. The molecule has 0 aromatic carbocycles. The number of ether oxygens (including phenoxy) is 1. The SMILES string of the molecule is CCC1CCN(C(=O)c2cccnc2OC)C(CN)C1. The lowest BCUT2D eigenvalue weighted by Crippen LogP contribution is -2.49. The summed E-state index contributed by atoms with van der Waals surface area (Å²) in [7, 11) is 1.53. The maximum Gasteiger partial charge on any atom is 0.259 e. The summed E-state index contributed by atoms with van der Waals surface area (Å²) < 4.78 is 5.18. The van der Waals surface area contributed by atoms with Crippen LogP contribution < -0.4 is 10.5 Å². The molecule has 0 spiro atoms. The number of pyridine rings is 1. The zero-order chi connectivity index (χ0) is 14.5. The molecule has 5 heteroatoms. The number of hydrogen-bond acceptors (Lipinski definition) is 4. The average Bonchev–Trinajstić information content (AvgIpc) is 2.53. The van der Waals surface area contributed by atoms with Crippen LogP contribution in [0.2, 0.25) is 0 Å². The Morgan fingerprint density at radius 1 is 1.60 bits per heavy atom. The molecule has 1 aromatic heterocycles. The quantitative estimate of drug-likeness (QED) is 0.909. The predicted octanol–water partition coefficient (Wildman–Crippen LogP) is 1.68. The lowest BCUT2D eigenvalue weighted by molar-refractivity contribution is 0.0554. The van der Waals surface area contributed by atoms with Crippen molar-refractivity contribution in [1.29, 1.82) is 0 Å². The monoisotopic (exact) mass is 277 g/mol. The lowest BCUT2D eigenvalue weighted by atomic mass is 9.88. The highest BCUT2D eigenvalue weighted by Gasteiger charge is 2.31. The highest BCUT2D eigenvalue weighted by atomic mass is 16.5. The van der Waals surface area contributed by atoms with Crippen molar-refractivity contribution < 1.29 is 9.53 Å². The van der Waals surface area contributed by atoms with Crippen LogP contribution in [0.3, 0.4) is 0 Å². The molecular weight excluding hydrogens is 254 g/mol. The van der Waals surface area contributed by atoms with Crippen LogP contribution in [0.25, 0.3) is 0 Å². The molecule has 1 aliphatic heterocycles. The van der Waals surface area contributed by atoms with Crippen molar-refractivity contribution in [3.63, 3.8) is 0 Å². The fourth-order valence-electron chi connectivity index (χ4n) is 2.87. The number of hydrogen-bond donors (Lipinski definition) is 1. The van der Waals surface area contributed by atoms with Crippen LogP contribution in [-0.4, -0.2) is 42.0 Å². The molecule has 0 aliphatic carbocycles. The zero-order valence-corrected chi connectivity index (χ0v) is 12.2. The van der Waals surface area contributed by atoms with Crippen molar-refractivity contribution in [3.05, 3.63) is 23.9 Å². The first-order valence-electron chi connectivity index (χ1n) is 7.21. The minimum atomic E-state index is -0.0278. The third-order valence-corrected chi connectivity index (χ3v) is 4.13. The van der Waals surface area contributed by atoms with Crippen LogP contribution in [-0.2, 0) is 0 Å². The molecule has 2 rings (SSSR count). The highest BCUT2D eigenvalue weighted by Crippen LogP contribution is 2.27. The Hall–Kier alpha value is -1.62. The van der Waals surface area contributed by atoms with E-state index in [1.165, 1.54) is 7.11 Å². The van der Waals surface area contributed by atoms with E-state index in [0.717, 1.165) is 25.8 Å². The molecule has 5 nitrogen and oxygen atoms in total. The number of amides is 1. The number of methoxy groups -OCH3 is 1. The van der Waals surface area contributed by atoms with Gasteiger partial charge in [-0.1, -0.05) is 13.3 Å². The van der Waals surface area contributed by atoms with Crippen LogP contribution in [0, 0.1) is 5.92 Å². The Morgan fingerprint density at radius 2 is 2.40 bits per heavy atom. The Balaban J connectivity index is 2.19. The molecule has 1 aliphatic rings. The number of nitrogens with zero attached hydrogens (tertiary/aromatic N) is 2. The van der Waals surface area contributed by atoms with E-state index in [0.29, 0.717) is 23.9 Å². The summed E-state index contributed by atoms with van der Waals surface area (Å²) in [5.41, 5.74) is 6.37. The molecule has 20 heavy (non-hydrogen) atoms. The number of nitrogens with two attached hydrogens (primary N) is 1. The topological polar surface area (TPSA) is 68.5 Å². The first kappa shape index (κ1) is 14.8. The third kappa shape index (κ3) is 2.93. The Kier molecular flexibility index (Phi) is 4.95. The van der Waals surface area contributed by atoms with Gasteiger partial charge in [-0.25, -0.2) is 4.98 Å². The maximum absolute atomic E-state index is 12.7. The van der Waals surface area contributed by atoms with Crippen LogP contribution >= 0.6 is 0 Å². The van der Waals surface area contributed by atoms with Crippen LogP contribution in [0.15, 0.2) is 18.3 Å². The fourth-order valence-corrected chi connectivity index (χ4v) is 2.87. The van der Waals surface area contributed by atoms with E-state index >= 15 is 0 Å². The van der Waals surface area contributed by atoms with Gasteiger partial charge >= 0.3 is 0 Å². The average molecular weight is 277 g/mol. The highest BCUT2D eigenvalue weighted by molar-refractivity contribution is 5.96. The van der Waals surface area contributed by atoms with Crippen molar-refractivity contribution in [3.8, 4) is 5.88 Å². The minimum Gasteiger partial charge on any atom is -0.480 e. The summed E-state index contributed by atoms with van der Waals surface area (Å²) in [5.74, 6) is 1.02. The molecule has 1 aromatic rings. The Labute approximate surface area is 120 Å². The van der Waals surface area contributed by atoms with E-state index in [9.17, 15) is 4.79 Å². The van der Waals surface area contributed by atoms with Gasteiger partial charge < -0.3 is 15.4 Å². The smallest absolute Gasteiger partial charge is 0.259 e. The predicted molar refractivity (Wildman–Crippen MR) is 77.7 cm³/mol. The van der Waals surface area contributed by atoms with E-state index in [4.69, 9.17) is 10.5 Å². The van der Waals surface area contributed by atoms with Crippen molar-refractivity contribution in [2.24, 2.45) is 11.7 Å². The Morgan fingerprint density at radius 3 is 3.05 bits per heavy atom. The second-order valence-electron chi connectivity index (χ2n) is 5.25. The first-order chi connectivity index (χ1) is 9.71. The molecule has 2 atom stereocenters. The summed E-state index contributed by atoms with van der Waals surface area (Å²) in [6.45, 7) is 3.46. The summed E-state index contributed by atoms with van der Waals surface area (Å²) >= 11 is 0. The molecule has 2 heterocycles. The van der Waals surface area contributed by atoms with Crippen molar-refractivity contribution in [1.82, 2.24) is 9.88 Å². The van der Waals surface area contributed by atoms with Gasteiger partial charge in [-0.05, 0) is 30.9 Å². The first-order valence-corrected chi connectivity index (χ1v) is 7.21. The minimum absolute atomic E-state index is 0.0278. The molecule has 0 saturated carbocycles. The number of piperidine rings is 1. The van der Waals surface area contributed by atoms with Gasteiger partial charge in [0.1, 0.15) is 5.56 Å². The Bertz CT molecular complexity index is 464. The van der Waals surface area contributed by atoms with Gasteiger partial charge in [0.2, 0.25) is 5.88 Å². The van der Waals surface area contributed by atoms with Gasteiger partial charge in [-0.3, -0.25) is 4.79 Å². The molecule has 0 bridgehead atoms. The maximum atomic E-state index is 12.7. The number of rotatable bonds is 4. The molecule has 2 unspecified atom stereocenters. The summed E-state index contributed by atoms with van der Waals surface area (Å²) in [4.78, 5) is 18.7. The number of likely N-dealkylation sites (tertiary alicyclic amines) is 1. The summed E-state index contributed by atoms with van der Waals surface area (Å²) in [6, 6.07) is 3.63. The van der Waals surface area contributed by atoms with Crippen LogP contribution in [0.4, 0.5) is 0 Å². The van der Waals surface area contributed by atoms with E-state index in [1.54, 1.807) is 18.3 Å². The third-order valence-electron chi connectivity index (χ3n) is 4.13. The zero-order valence-electron chi connectivity index (χ0n) is 12.2. The summed E-state index contributed by atoms with van der Waals surface area (Å²) in [5, 5.41) is 0. The fraction of sp³-hybridized carbons (Fsp3) is 0.600. The van der Waals surface area contributed by atoms with Gasteiger partial charge in [-0.2, -0.15) is 0 Å². The van der Waals surface area contributed by atoms with E-state index in [1.807, 2.05) is 4.90 Å². The number of aromatic nitrogens is 1. The molecular formula is C15H23N3O2. The van der Waals surface area contributed by atoms with E-state index in [-0.39, 0.29) is 11.9 Å². The van der Waals surface area contributed by atoms with Gasteiger partial charge in [0.25, 0.3) is 5.91 Å². The van der Waals surface area contributed by atoms with Gasteiger partial charge in [0.15, 0.2) is 0 Å². The van der Waals surface area contributed by atoms with Crippen LogP contribution in [0.1, 0.15) is 36.5 Å². The van der Waals surface area contributed by atoms with Gasteiger partial charge in [0, 0.05) is 25.3 Å². The van der Waals surface area contributed by atoms with E-state index < -0.39 is 0 Å². The number of carbonyl (C=O) groups excluding carboxylic acids is 1. The van der Waals surface area contributed by atoms with Gasteiger partial charge in [0.05, 0.1) is 7.11 Å². The standard InChI is InChI=1S/C15H23N3O2/c1-3-11-6-8-18(12(9-11)10-16)15(19)13-5-4-7-17-14(13)20-2/h4-5,7,11-12H,3,6,8-10,16H2,1-2H3. The van der Waals surface area contributed by atoms with Crippen LogP contribution in [0.5, 0.6) is 5.88 Å². The molecule has 110 valence electrons. The molecule has 2 N–H and O–H groups in total. The molecule has 0 radical (unpaired) electrons. The lowest BCUT2D eigenvalue weighted by Gasteiger charge is -2.39. The molecule has 1 amide bonds. The van der Waals surface area contributed by atoms with Crippen molar-refractivity contribution >= 4 is 5.91 Å². The largest absolute Gasteiger partial charge is 0.480 e. The van der Waals surface area contributed by atoms with Gasteiger partial charge in [-0.15, -0.1) is 0 Å². The second kappa shape index (κ2) is 6.70. The number of carbonyl (C=O) groups is 1. The van der Waals surface area contributed by atoms with E-state index in [2.05, 4.69) is 11.9 Å². The summed E-state index contributed by atoms with van der Waals surface area (Å²) in [6.07, 6.45) is 4.80.